The first-order valence-corrected chi connectivity index (χ1v) is 8.02. The number of aliphatic hydroxyl groups is 1. The van der Waals surface area contributed by atoms with Gasteiger partial charge in [0, 0.05) is 28.8 Å². The van der Waals surface area contributed by atoms with Gasteiger partial charge in [0.05, 0.1) is 6.10 Å². The Morgan fingerprint density at radius 2 is 2.11 bits per heavy atom. The predicted octanol–water partition coefficient (Wildman–Crippen LogP) is 3.94. The molecule has 1 unspecified atom stereocenters. The third-order valence-electron chi connectivity index (χ3n) is 3.87. The fourth-order valence-electron chi connectivity index (χ4n) is 2.81. The summed E-state index contributed by atoms with van der Waals surface area (Å²) in [6.45, 7) is 0. The van der Waals surface area contributed by atoms with Crippen LogP contribution in [0.1, 0.15) is 37.4 Å². The summed E-state index contributed by atoms with van der Waals surface area (Å²) in [4.78, 5) is 4.14. The zero-order chi connectivity index (χ0) is 13.1. The van der Waals surface area contributed by atoms with Crippen LogP contribution in [0.25, 0.3) is 10.8 Å². The first-order valence-electron chi connectivity index (χ1n) is 6.97. The summed E-state index contributed by atoms with van der Waals surface area (Å²) in [7, 11) is 0. The van der Waals surface area contributed by atoms with Crippen LogP contribution in [0, 0.1) is 0 Å². The number of rotatable bonds is 4. The summed E-state index contributed by atoms with van der Waals surface area (Å²) in [5.74, 6) is 0.798. The molecule has 1 heterocycles. The molecule has 100 valence electrons. The number of nitrogens with zero attached hydrogens (tertiary/aromatic N) is 1. The second-order valence-corrected chi connectivity index (χ2v) is 6.53. The lowest BCUT2D eigenvalue weighted by Gasteiger charge is -2.15. The van der Waals surface area contributed by atoms with Crippen LogP contribution in [0.4, 0.5) is 0 Å². The fraction of sp³-hybridized carbons (Fsp3) is 0.438. The van der Waals surface area contributed by atoms with E-state index in [9.17, 15) is 5.11 Å². The SMILES string of the molecule is OC(CSC1CCCC1)c1cccc2cnccc12. The summed E-state index contributed by atoms with van der Waals surface area (Å²) in [5, 5.41) is 13.4. The van der Waals surface area contributed by atoms with E-state index in [2.05, 4.69) is 4.98 Å². The lowest BCUT2D eigenvalue weighted by atomic mass is 10.0. The molecule has 0 radical (unpaired) electrons. The van der Waals surface area contributed by atoms with Gasteiger partial charge in [0.15, 0.2) is 0 Å². The van der Waals surface area contributed by atoms with Crippen LogP contribution >= 0.6 is 11.8 Å². The van der Waals surface area contributed by atoms with E-state index in [0.29, 0.717) is 0 Å². The maximum Gasteiger partial charge on any atom is 0.0886 e. The number of aromatic nitrogens is 1. The smallest absolute Gasteiger partial charge is 0.0886 e. The molecular formula is C16H19NOS. The predicted molar refractivity (Wildman–Crippen MR) is 81.4 cm³/mol. The van der Waals surface area contributed by atoms with Gasteiger partial charge in [0.2, 0.25) is 0 Å². The molecule has 1 aromatic heterocycles. The van der Waals surface area contributed by atoms with Crippen LogP contribution < -0.4 is 0 Å². The van der Waals surface area contributed by atoms with Gasteiger partial charge in [-0.15, -0.1) is 0 Å². The molecule has 3 rings (SSSR count). The van der Waals surface area contributed by atoms with Gasteiger partial charge in [-0.1, -0.05) is 31.0 Å². The third kappa shape index (κ3) is 2.93. The second-order valence-electron chi connectivity index (χ2n) is 5.20. The van der Waals surface area contributed by atoms with Gasteiger partial charge in [-0.2, -0.15) is 11.8 Å². The monoisotopic (exact) mass is 273 g/mol. The van der Waals surface area contributed by atoms with E-state index in [1.165, 1.54) is 25.7 Å². The molecule has 2 nitrogen and oxygen atoms in total. The zero-order valence-corrected chi connectivity index (χ0v) is 11.8. The minimum atomic E-state index is -0.378. The average molecular weight is 273 g/mol. The van der Waals surface area contributed by atoms with Crippen LogP contribution in [0.3, 0.4) is 0 Å². The molecule has 0 aliphatic heterocycles. The molecule has 1 fully saturated rings. The van der Waals surface area contributed by atoms with Gasteiger partial charge in [-0.25, -0.2) is 0 Å². The molecule has 1 atom stereocenters. The highest BCUT2D eigenvalue weighted by atomic mass is 32.2. The molecule has 1 N–H and O–H groups in total. The molecule has 1 aliphatic rings. The van der Waals surface area contributed by atoms with Crippen molar-refractivity contribution < 1.29 is 5.11 Å². The number of benzene rings is 1. The van der Waals surface area contributed by atoms with Gasteiger partial charge >= 0.3 is 0 Å². The van der Waals surface area contributed by atoms with E-state index >= 15 is 0 Å². The van der Waals surface area contributed by atoms with Crippen molar-refractivity contribution in [3.63, 3.8) is 0 Å². The average Bonchev–Trinajstić information content (AvgIpc) is 2.97. The summed E-state index contributed by atoms with van der Waals surface area (Å²) in [6.07, 6.45) is 8.62. The van der Waals surface area contributed by atoms with Crippen LogP contribution in [0.15, 0.2) is 36.7 Å². The highest BCUT2D eigenvalue weighted by Gasteiger charge is 2.18. The first kappa shape index (κ1) is 12.9. The highest BCUT2D eigenvalue weighted by molar-refractivity contribution is 7.99. The second kappa shape index (κ2) is 5.93. The highest BCUT2D eigenvalue weighted by Crippen LogP contribution is 2.33. The van der Waals surface area contributed by atoms with E-state index in [0.717, 1.165) is 27.3 Å². The Hall–Kier alpha value is -1.06. The lowest BCUT2D eigenvalue weighted by molar-refractivity contribution is 0.205. The zero-order valence-electron chi connectivity index (χ0n) is 11.0. The molecule has 0 spiro atoms. The summed E-state index contributed by atoms with van der Waals surface area (Å²) in [5.41, 5.74) is 1.03. The Kier molecular flexibility index (Phi) is 4.04. The lowest BCUT2D eigenvalue weighted by Crippen LogP contribution is -2.05. The van der Waals surface area contributed by atoms with Crippen molar-refractivity contribution in [2.24, 2.45) is 0 Å². The number of hydrogen-bond acceptors (Lipinski definition) is 3. The van der Waals surface area contributed by atoms with E-state index in [4.69, 9.17) is 0 Å². The topological polar surface area (TPSA) is 33.1 Å². The van der Waals surface area contributed by atoms with Crippen molar-refractivity contribution >= 4 is 22.5 Å². The van der Waals surface area contributed by atoms with Crippen LogP contribution in [-0.2, 0) is 0 Å². The third-order valence-corrected chi connectivity index (χ3v) is 5.32. The number of hydrogen-bond donors (Lipinski definition) is 1. The number of pyridine rings is 1. The maximum atomic E-state index is 10.4. The van der Waals surface area contributed by atoms with Crippen molar-refractivity contribution in [1.29, 1.82) is 0 Å². The quantitative estimate of drug-likeness (QED) is 0.916. The van der Waals surface area contributed by atoms with E-state index in [-0.39, 0.29) is 6.10 Å². The summed E-state index contributed by atoms with van der Waals surface area (Å²) in [6, 6.07) is 8.07. The van der Waals surface area contributed by atoms with E-state index in [1.54, 1.807) is 6.20 Å². The molecule has 0 saturated heterocycles. The van der Waals surface area contributed by atoms with Crippen molar-refractivity contribution in [3.05, 3.63) is 42.2 Å². The molecular weight excluding hydrogens is 254 g/mol. The van der Waals surface area contributed by atoms with Crippen LogP contribution in [0.5, 0.6) is 0 Å². The maximum absolute atomic E-state index is 10.4. The van der Waals surface area contributed by atoms with Crippen molar-refractivity contribution in [2.45, 2.75) is 37.0 Å². The number of thioether (sulfide) groups is 1. The van der Waals surface area contributed by atoms with Gasteiger partial charge in [0.25, 0.3) is 0 Å². The van der Waals surface area contributed by atoms with Gasteiger partial charge in [0.1, 0.15) is 0 Å². The largest absolute Gasteiger partial charge is 0.388 e. The molecule has 1 aromatic carbocycles. The Morgan fingerprint density at radius 1 is 1.26 bits per heavy atom. The first-order chi connectivity index (χ1) is 9.34. The molecule has 19 heavy (non-hydrogen) atoms. The minimum absolute atomic E-state index is 0.378. The molecule has 1 aliphatic carbocycles. The van der Waals surface area contributed by atoms with Gasteiger partial charge in [-0.3, -0.25) is 4.98 Å². The fourth-order valence-corrected chi connectivity index (χ4v) is 4.11. The van der Waals surface area contributed by atoms with Crippen LogP contribution in [-0.4, -0.2) is 21.1 Å². The normalized spacial score (nSPS) is 17.9. The van der Waals surface area contributed by atoms with Crippen molar-refractivity contribution in [3.8, 4) is 0 Å². The van der Waals surface area contributed by atoms with Crippen LogP contribution in [0.2, 0.25) is 0 Å². The Morgan fingerprint density at radius 3 is 2.95 bits per heavy atom. The summed E-state index contributed by atoms with van der Waals surface area (Å²) < 4.78 is 0. The number of aliphatic hydroxyl groups excluding tert-OH is 1. The van der Waals surface area contributed by atoms with Crippen molar-refractivity contribution in [1.82, 2.24) is 4.98 Å². The standard InChI is InChI=1S/C16H19NOS/c18-16(11-19-13-5-1-2-6-13)15-7-3-4-12-10-17-9-8-14(12)15/h3-4,7-10,13,16,18H,1-2,5-6,11H2. The molecule has 1 saturated carbocycles. The van der Waals surface area contributed by atoms with Gasteiger partial charge in [-0.05, 0) is 29.9 Å². The summed E-state index contributed by atoms with van der Waals surface area (Å²) >= 11 is 1.93. The molecule has 0 amide bonds. The molecule has 0 bridgehead atoms. The Balaban J connectivity index is 1.75. The Labute approximate surface area is 118 Å². The number of fused-ring (bicyclic) bond motifs is 1. The minimum Gasteiger partial charge on any atom is -0.388 e. The van der Waals surface area contributed by atoms with E-state index in [1.807, 2.05) is 42.2 Å². The van der Waals surface area contributed by atoms with Crippen molar-refractivity contribution in [2.75, 3.05) is 5.75 Å². The van der Waals surface area contributed by atoms with Gasteiger partial charge < -0.3 is 5.11 Å². The van der Waals surface area contributed by atoms with E-state index < -0.39 is 0 Å². The molecule has 3 heteroatoms. The molecule has 2 aromatic rings. The Bertz CT molecular complexity index is 546.